The molecule has 1 unspecified atom stereocenters. The molecule has 1 aliphatic heterocycles. The molecule has 2 heterocycles. The van der Waals surface area contributed by atoms with Crippen LogP contribution in [0.15, 0.2) is 35.0 Å². The van der Waals surface area contributed by atoms with E-state index in [9.17, 15) is 24.1 Å². The van der Waals surface area contributed by atoms with Crippen molar-refractivity contribution in [2.24, 2.45) is 0 Å². The van der Waals surface area contributed by atoms with Gasteiger partial charge in [0, 0.05) is 44.5 Å². The molecule has 2 N–H and O–H groups in total. The van der Waals surface area contributed by atoms with Crippen molar-refractivity contribution in [3.05, 3.63) is 56.5 Å². The molecule has 2 aromatic rings. The number of hydrogen-bond donors (Lipinski definition) is 2. The van der Waals surface area contributed by atoms with Crippen LogP contribution in [0.3, 0.4) is 0 Å². The van der Waals surface area contributed by atoms with E-state index in [1.807, 2.05) is 16.8 Å². The van der Waals surface area contributed by atoms with Crippen LogP contribution in [0.1, 0.15) is 11.6 Å². The van der Waals surface area contributed by atoms with E-state index in [0.29, 0.717) is 0 Å². The first-order valence-electron chi connectivity index (χ1n) is 9.33. The number of hydrogen-bond acceptors (Lipinski definition) is 7. The van der Waals surface area contributed by atoms with Crippen LogP contribution in [0.4, 0.5) is 15.8 Å². The van der Waals surface area contributed by atoms with Gasteiger partial charge in [-0.25, -0.2) is 0 Å². The molecule has 30 heavy (non-hydrogen) atoms. The van der Waals surface area contributed by atoms with Crippen LogP contribution in [0.5, 0.6) is 0 Å². The average molecular weight is 435 g/mol. The Hall–Kier alpha value is -2.89. The molecule has 9 nitrogen and oxygen atoms in total. The number of piperazine rings is 1. The zero-order valence-electron chi connectivity index (χ0n) is 16.3. The summed E-state index contributed by atoms with van der Waals surface area (Å²) in [4.78, 5) is 38.9. The summed E-state index contributed by atoms with van der Waals surface area (Å²) in [7, 11) is 2.06. The monoisotopic (exact) mass is 435 g/mol. The van der Waals surface area contributed by atoms with Gasteiger partial charge in [0.05, 0.1) is 11.0 Å². The minimum absolute atomic E-state index is 0.0308. The molecule has 11 heteroatoms. The molecule has 0 saturated carbocycles. The standard InChI is InChI=1S/C19H22FN5O4S/c1-23-5-7-24(8-6-23)17(13-4-9-30-12-13)11-21-18(26)19(27)22-14-2-3-15(20)16(10-14)25(28)29/h2-4,9-10,12,17H,5-8,11H2,1H3,(H,21,26)(H,22,27). The maximum atomic E-state index is 13.4. The second-order valence-corrected chi connectivity index (χ2v) is 7.78. The predicted molar refractivity (Wildman–Crippen MR) is 111 cm³/mol. The lowest BCUT2D eigenvalue weighted by molar-refractivity contribution is -0.387. The van der Waals surface area contributed by atoms with Crippen molar-refractivity contribution in [2.75, 3.05) is 45.1 Å². The number of carbonyl (C=O) groups excluding carboxylic acids is 2. The third kappa shape index (κ3) is 5.38. The van der Waals surface area contributed by atoms with E-state index in [1.165, 1.54) is 0 Å². The Labute approximate surface area is 176 Å². The summed E-state index contributed by atoms with van der Waals surface area (Å²) in [6.45, 7) is 3.77. The number of halogens is 1. The van der Waals surface area contributed by atoms with Crippen LogP contribution in [0.25, 0.3) is 0 Å². The number of likely N-dealkylation sites (N-methyl/N-ethyl adjacent to an activating group) is 1. The van der Waals surface area contributed by atoms with Gasteiger partial charge in [-0.3, -0.25) is 24.6 Å². The summed E-state index contributed by atoms with van der Waals surface area (Å²) in [6, 6.07) is 4.84. The van der Waals surface area contributed by atoms with Crippen molar-refractivity contribution in [3.63, 3.8) is 0 Å². The highest BCUT2D eigenvalue weighted by molar-refractivity contribution is 7.08. The number of nitrogens with zero attached hydrogens (tertiary/aromatic N) is 3. The molecule has 1 aliphatic rings. The third-order valence-electron chi connectivity index (χ3n) is 4.97. The summed E-state index contributed by atoms with van der Waals surface area (Å²) in [5, 5.41) is 19.7. The number of nitro benzene ring substituents is 1. The number of thiophene rings is 1. The molecule has 0 spiro atoms. The van der Waals surface area contributed by atoms with Crippen molar-refractivity contribution in [3.8, 4) is 0 Å². The molecule has 0 radical (unpaired) electrons. The zero-order valence-corrected chi connectivity index (χ0v) is 17.2. The molecule has 0 aliphatic carbocycles. The second-order valence-electron chi connectivity index (χ2n) is 7.00. The van der Waals surface area contributed by atoms with Gasteiger partial charge in [-0.05, 0) is 41.6 Å². The molecule has 1 aromatic heterocycles. The van der Waals surface area contributed by atoms with Crippen molar-refractivity contribution < 1.29 is 18.9 Å². The van der Waals surface area contributed by atoms with Gasteiger partial charge in [-0.1, -0.05) is 0 Å². The first-order chi connectivity index (χ1) is 14.3. The van der Waals surface area contributed by atoms with E-state index in [0.717, 1.165) is 49.9 Å². The van der Waals surface area contributed by atoms with E-state index in [4.69, 9.17) is 0 Å². The van der Waals surface area contributed by atoms with Crippen molar-refractivity contribution in [2.45, 2.75) is 6.04 Å². The molecule has 1 atom stereocenters. The SMILES string of the molecule is CN1CCN(C(CNC(=O)C(=O)Nc2ccc(F)c([N+](=O)[O-])c2)c2ccsc2)CC1. The number of rotatable bonds is 6. The van der Waals surface area contributed by atoms with Gasteiger partial charge in [0.1, 0.15) is 0 Å². The Kier molecular flexibility index (Phi) is 7.08. The van der Waals surface area contributed by atoms with Gasteiger partial charge in [0.25, 0.3) is 0 Å². The van der Waals surface area contributed by atoms with E-state index in [2.05, 4.69) is 27.5 Å². The molecule has 1 aromatic carbocycles. The van der Waals surface area contributed by atoms with Crippen molar-refractivity contribution >= 4 is 34.5 Å². The fraction of sp³-hybridized carbons (Fsp3) is 0.368. The fourth-order valence-electron chi connectivity index (χ4n) is 3.24. The van der Waals surface area contributed by atoms with Crippen LogP contribution in [-0.4, -0.2) is 66.3 Å². The summed E-state index contributed by atoms with van der Waals surface area (Å²) in [5.74, 6) is -2.86. The smallest absolute Gasteiger partial charge is 0.313 e. The van der Waals surface area contributed by atoms with Crippen molar-refractivity contribution in [1.29, 1.82) is 0 Å². The molecule has 1 saturated heterocycles. The van der Waals surface area contributed by atoms with Crippen LogP contribution >= 0.6 is 11.3 Å². The molecular weight excluding hydrogens is 413 g/mol. The van der Waals surface area contributed by atoms with Gasteiger partial charge >= 0.3 is 17.5 Å². The minimum atomic E-state index is -1.02. The van der Waals surface area contributed by atoms with E-state index in [-0.39, 0.29) is 18.3 Å². The lowest BCUT2D eigenvalue weighted by Gasteiger charge is -2.37. The van der Waals surface area contributed by atoms with E-state index >= 15 is 0 Å². The van der Waals surface area contributed by atoms with Gasteiger partial charge in [-0.2, -0.15) is 15.7 Å². The maximum absolute atomic E-state index is 13.4. The molecule has 160 valence electrons. The lowest BCUT2D eigenvalue weighted by Crippen LogP contribution is -2.49. The van der Waals surface area contributed by atoms with Gasteiger partial charge in [-0.15, -0.1) is 0 Å². The maximum Gasteiger partial charge on any atom is 0.313 e. The Morgan fingerprint density at radius 1 is 1.23 bits per heavy atom. The number of amides is 2. The highest BCUT2D eigenvalue weighted by Gasteiger charge is 2.26. The fourth-order valence-corrected chi connectivity index (χ4v) is 3.95. The minimum Gasteiger partial charge on any atom is -0.346 e. The molecule has 0 bridgehead atoms. The molecule has 3 rings (SSSR count). The Balaban J connectivity index is 1.62. The third-order valence-corrected chi connectivity index (χ3v) is 5.67. The van der Waals surface area contributed by atoms with Gasteiger partial charge < -0.3 is 15.5 Å². The number of nitrogens with one attached hydrogen (secondary N) is 2. The average Bonchev–Trinajstić information content (AvgIpc) is 3.25. The summed E-state index contributed by atoms with van der Waals surface area (Å²) in [6.07, 6.45) is 0. The Morgan fingerprint density at radius 3 is 2.60 bits per heavy atom. The second kappa shape index (κ2) is 9.74. The highest BCUT2D eigenvalue weighted by atomic mass is 32.1. The number of anilines is 1. The largest absolute Gasteiger partial charge is 0.346 e. The summed E-state index contributed by atoms with van der Waals surface area (Å²) in [5.41, 5.74) is 0.261. The quantitative estimate of drug-likeness (QED) is 0.407. The van der Waals surface area contributed by atoms with Crippen LogP contribution in [0, 0.1) is 15.9 Å². The molecule has 2 amide bonds. The Morgan fingerprint density at radius 2 is 1.97 bits per heavy atom. The summed E-state index contributed by atoms with van der Waals surface area (Å²) < 4.78 is 13.4. The molecular formula is C19H22FN5O4S. The predicted octanol–water partition coefficient (Wildman–Crippen LogP) is 1.84. The lowest BCUT2D eigenvalue weighted by atomic mass is 10.1. The van der Waals surface area contributed by atoms with Crippen molar-refractivity contribution in [1.82, 2.24) is 15.1 Å². The highest BCUT2D eigenvalue weighted by Crippen LogP contribution is 2.24. The van der Waals surface area contributed by atoms with Crippen LogP contribution < -0.4 is 10.6 Å². The van der Waals surface area contributed by atoms with Gasteiger partial charge in [0.2, 0.25) is 5.82 Å². The first-order valence-corrected chi connectivity index (χ1v) is 10.3. The number of nitro groups is 1. The molecule has 1 fully saturated rings. The Bertz CT molecular complexity index is 916. The zero-order chi connectivity index (χ0) is 21.7. The van der Waals surface area contributed by atoms with Gasteiger partial charge in [0.15, 0.2) is 0 Å². The van der Waals surface area contributed by atoms with Crippen LogP contribution in [-0.2, 0) is 9.59 Å². The number of carbonyl (C=O) groups is 2. The first kappa shape index (κ1) is 21.8. The van der Waals surface area contributed by atoms with E-state index < -0.39 is 28.2 Å². The number of benzene rings is 1. The normalized spacial score (nSPS) is 16.1. The summed E-state index contributed by atoms with van der Waals surface area (Å²) >= 11 is 1.56. The van der Waals surface area contributed by atoms with E-state index in [1.54, 1.807) is 11.3 Å². The van der Waals surface area contributed by atoms with Crippen LogP contribution in [0.2, 0.25) is 0 Å². The topological polar surface area (TPSA) is 108 Å².